The predicted octanol–water partition coefficient (Wildman–Crippen LogP) is 3.49. The first-order valence-electron chi connectivity index (χ1n) is 5.97. The molecule has 0 atom stereocenters. The Morgan fingerprint density at radius 3 is 2.94 bits per heavy atom. The van der Waals surface area contributed by atoms with Gasteiger partial charge < -0.3 is 10.1 Å². The van der Waals surface area contributed by atoms with E-state index in [1.54, 1.807) is 6.07 Å². The SMILES string of the molecule is CCCOCCCNCc1cccc(F)c1Br. The van der Waals surface area contributed by atoms with Crippen molar-refractivity contribution in [1.29, 1.82) is 0 Å². The smallest absolute Gasteiger partial charge is 0.137 e. The molecule has 17 heavy (non-hydrogen) atoms. The van der Waals surface area contributed by atoms with Gasteiger partial charge in [0, 0.05) is 19.8 Å². The van der Waals surface area contributed by atoms with Gasteiger partial charge in [0.15, 0.2) is 0 Å². The van der Waals surface area contributed by atoms with E-state index < -0.39 is 0 Å². The van der Waals surface area contributed by atoms with Crippen LogP contribution in [0.4, 0.5) is 4.39 Å². The molecular formula is C13H19BrFNO. The van der Waals surface area contributed by atoms with E-state index in [2.05, 4.69) is 28.2 Å². The van der Waals surface area contributed by atoms with Crippen molar-refractivity contribution >= 4 is 15.9 Å². The number of hydrogen-bond donors (Lipinski definition) is 1. The van der Waals surface area contributed by atoms with Crippen molar-refractivity contribution < 1.29 is 9.13 Å². The van der Waals surface area contributed by atoms with Crippen molar-refractivity contribution in [2.45, 2.75) is 26.3 Å². The molecule has 1 aromatic carbocycles. The molecule has 0 bridgehead atoms. The number of nitrogens with one attached hydrogen (secondary N) is 1. The summed E-state index contributed by atoms with van der Waals surface area (Å²) >= 11 is 3.24. The van der Waals surface area contributed by atoms with Crippen LogP contribution in [-0.2, 0) is 11.3 Å². The van der Waals surface area contributed by atoms with Crippen molar-refractivity contribution in [1.82, 2.24) is 5.32 Å². The largest absolute Gasteiger partial charge is 0.381 e. The molecule has 0 aliphatic carbocycles. The summed E-state index contributed by atoms with van der Waals surface area (Å²) < 4.78 is 19.1. The third-order valence-corrected chi connectivity index (χ3v) is 3.23. The zero-order chi connectivity index (χ0) is 12.5. The first kappa shape index (κ1) is 14.6. The number of halogens is 2. The molecule has 0 heterocycles. The Hall–Kier alpha value is -0.450. The van der Waals surface area contributed by atoms with Gasteiger partial charge in [-0.3, -0.25) is 0 Å². The third-order valence-electron chi connectivity index (χ3n) is 2.34. The minimum absolute atomic E-state index is 0.212. The summed E-state index contributed by atoms with van der Waals surface area (Å²) in [5.74, 6) is -0.212. The molecule has 0 radical (unpaired) electrons. The van der Waals surface area contributed by atoms with E-state index in [0.717, 1.165) is 38.2 Å². The summed E-state index contributed by atoms with van der Waals surface area (Å²) in [5, 5.41) is 3.27. The van der Waals surface area contributed by atoms with E-state index in [1.165, 1.54) is 6.07 Å². The van der Waals surface area contributed by atoms with Crippen LogP contribution in [0.25, 0.3) is 0 Å². The molecule has 0 aliphatic heterocycles. The molecule has 1 rings (SSSR count). The van der Waals surface area contributed by atoms with Crippen LogP contribution in [0.2, 0.25) is 0 Å². The van der Waals surface area contributed by atoms with Gasteiger partial charge in [-0.2, -0.15) is 0 Å². The zero-order valence-electron chi connectivity index (χ0n) is 10.1. The van der Waals surface area contributed by atoms with Gasteiger partial charge in [-0.25, -0.2) is 4.39 Å². The van der Waals surface area contributed by atoms with Crippen molar-refractivity contribution in [2.75, 3.05) is 19.8 Å². The predicted molar refractivity (Wildman–Crippen MR) is 71.5 cm³/mol. The highest BCUT2D eigenvalue weighted by Crippen LogP contribution is 2.19. The topological polar surface area (TPSA) is 21.3 Å². The Morgan fingerprint density at radius 1 is 1.35 bits per heavy atom. The lowest BCUT2D eigenvalue weighted by molar-refractivity contribution is 0.132. The Bertz CT molecular complexity index is 333. The van der Waals surface area contributed by atoms with Crippen LogP contribution in [0.15, 0.2) is 22.7 Å². The van der Waals surface area contributed by atoms with Gasteiger partial charge in [0.25, 0.3) is 0 Å². The summed E-state index contributed by atoms with van der Waals surface area (Å²) in [6.45, 7) is 5.26. The standard InChI is InChI=1S/C13H19BrFNO/c1-2-8-17-9-4-7-16-10-11-5-3-6-12(15)13(11)14/h3,5-6,16H,2,4,7-10H2,1H3. The molecule has 0 saturated heterocycles. The molecule has 0 aliphatic rings. The molecular weight excluding hydrogens is 285 g/mol. The lowest BCUT2D eigenvalue weighted by atomic mass is 10.2. The van der Waals surface area contributed by atoms with Gasteiger partial charge in [-0.1, -0.05) is 19.1 Å². The molecule has 0 spiro atoms. The van der Waals surface area contributed by atoms with Crippen LogP contribution in [0.5, 0.6) is 0 Å². The Morgan fingerprint density at radius 2 is 2.18 bits per heavy atom. The normalized spacial score (nSPS) is 10.8. The number of hydrogen-bond acceptors (Lipinski definition) is 2. The summed E-state index contributed by atoms with van der Waals surface area (Å²) in [5.41, 5.74) is 0.944. The van der Waals surface area contributed by atoms with E-state index in [9.17, 15) is 4.39 Å². The van der Waals surface area contributed by atoms with Gasteiger partial charge in [0.1, 0.15) is 5.82 Å². The monoisotopic (exact) mass is 303 g/mol. The highest BCUT2D eigenvalue weighted by molar-refractivity contribution is 9.10. The summed E-state index contributed by atoms with van der Waals surface area (Å²) in [4.78, 5) is 0. The molecule has 0 unspecified atom stereocenters. The average molecular weight is 304 g/mol. The minimum atomic E-state index is -0.212. The fraction of sp³-hybridized carbons (Fsp3) is 0.538. The maximum absolute atomic E-state index is 13.2. The minimum Gasteiger partial charge on any atom is -0.381 e. The van der Waals surface area contributed by atoms with Crippen molar-refractivity contribution in [2.24, 2.45) is 0 Å². The van der Waals surface area contributed by atoms with Crippen molar-refractivity contribution in [3.8, 4) is 0 Å². The first-order chi connectivity index (χ1) is 8.25. The number of benzene rings is 1. The number of rotatable bonds is 8. The molecule has 4 heteroatoms. The fourth-order valence-electron chi connectivity index (χ4n) is 1.45. The van der Waals surface area contributed by atoms with E-state index in [0.29, 0.717) is 11.0 Å². The van der Waals surface area contributed by atoms with E-state index in [4.69, 9.17) is 4.74 Å². The van der Waals surface area contributed by atoms with Crippen LogP contribution in [0.3, 0.4) is 0 Å². The second-order valence-electron chi connectivity index (χ2n) is 3.86. The molecule has 1 aromatic rings. The second-order valence-corrected chi connectivity index (χ2v) is 4.65. The molecule has 0 aromatic heterocycles. The van der Waals surface area contributed by atoms with Crippen molar-refractivity contribution in [3.63, 3.8) is 0 Å². The van der Waals surface area contributed by atoms with Gasteiger partial charge in [0.2, 0.25) is 0 Å². The Kier molecular flexibility index (Phi) is 7.40. The first-order valence-corrected chi connectivity index (χ1v) is 6.76. The second kappa shape index (κ2) is 8.61. The molecule has 2 nitrogen and oxygen atoms in total. The summed E-state index contributed by atoms with van der Waals surface area (Å²) in [6, 6.07) is 5.08. The highest BCUT2D eigenvalue weighted by Gasteiger charge is 2.03. The Labute approximate surface area is 111 Å². The van der Waals surface area contributed by atoms with Crippen molar-refractivity contribution in [3.05, 3.63) is 34.1 Å². The van der Waals surface area contributed by atoms with Crippen LogP contribution < -0.4 is 5.32 Å². The quantitative estimate of drug-likeness (QED) is 0.742. The summed E-state index contributed by atoms with van der Waals surface area (Å²) in [6.07, 6.45) is 2.04. The van der Waals surface area contributed by atoms with Crippen LogP contribution >= 0.6 is 15.9 Å². The number of ether oxygens (including phenoxy) is 1. The van der Waals surface area contributed by atoms with E-state index in [1.807, 2.05) is 6.07 Å². The summed E-state index contributed by atoms with van der Waals surface area (Å²) in [7, 11) is 0. The molecule has 96 valence electrons. The molecule has 0 saturated carbocycles. The fourth-order valence-corrected chi connectivity index (χ4v) is 1.86. The third kappa shape index (κ3) is 5.61. The molecule has 1 N–H and O–H groups in total. The van der Waals surface area contributed by atoms with Gasteiger partial charge >= 0.3 is 0 Å². The zero-order valence-corrected chi connectivity index (χ0v) is 11.7. The van der Waals surface area contributed by atoms with Crippen LogP contribution in [0, 0.1) is 5.82 Å². The average Bonchev–Trinajstić information content (AvgIpc) is 2.33. The van der Waals surface area contributed by atoms with E-state index >= 15 is 0 Å². The van der Waals surface area contributed by atoms with E-state index in [-0.39, 0.29) is 5.82 Å². The highest BCUT2D eigenvalue weighted by atomic mass is 79.9. The van der Waals surface area contributed by atoms with Gasteiger partial charge in [-0.15, -0.1) is 0 Å². The van der Waals surface area contributed by atoms with Gasteiger partial charge in [0.05, 0.1) is 4.47 Å². The maximum atomic E-state index is 13.2. The maximum Gasteiger partial charge on any atom is 0.137 e. The molecule has 0 fully saturated rings. The van der Waals surface area contributed by atoms with Gasteiger partial charge in [-0.05, 0) is 46.9 Å². The Balaban J connectivity index is 2.16. The van der Waals surface area contributed by atoms with Crippen LogP contribution in [-0.4, -0.2) is 19.8 Å². The lowest BCUT2D eigenvalue weighted by Gasteiger charge is -2.07. The molecule has 0 amide bonds. The lowest BCUT2D eigenvalue weighted by Crippen LogP contribution is -2.17. The van der Waals surface area contributed by atoms with Crippen LogP contribution in [0.1, 0.15) is 25.3 Å².